The third-order valence-electron chi connectivity index (χ3n) is 2.53. The minimum atomic E-state index is -3.62. The predicted molar refractivity (Wildman–Crippen MR) is 75.4 cm³/mol. The summed E-state index contributed by atoms with van der Waals surface area (Å²) in [6.07, 6.45) is 0.645. The Bertz CT molecular complexity index is 501. The van der Waals surface area contributed by atoms with Gasteiger partial charge in [-0.15, -0.1) is 0 Å². The molecule has 1 aromatic heterocycles. The Labute approximate surface area is 122 Å². The van der Waals surface area contributed by atoms with E-state index in [2.05, 4.69) is 26.0 Å². The van der Waals surface area contributed by atoms with Gasteiger partial charge in [-0.3, -0.25) is 0 Å². The van der Waals surface area contributed by atoms with E-state index in [0.717, 1.165) is 0 Å². The summed E-state index contributed by atoms with van der Waals surface area (Å²) in [5, 5.41) is 2.90. The summed E-state index contributed by atoms with van der Waals surface area (Å²) in [4.78, 5) is 0.104. The Kier molecular flexibility index (Phi) is 6.48. The predicted octanol–water partition coefficient (Wildman–Crippen LogP) is 1.46. The second-order valence-corrected chi connectivity index (χ2v) is 6.47. The number of furan rings is 1. The van der Waals surface area contributed by atoms with Crippen molar-refractivity contribution in [2.45, 2.75) is 30.8 Å². The molecule has 0 saturated carbocycles. The van der Waals surface area contributed by atoms with Gasteiger partial charge < -0.3 is 14.5 Å². The van der Waals surface area contributed by atoms with Gasteiger partial charge in [0, 0.05) is 19.2 Å². The Hall–Kier alpha value is -0.410. The second-order valence-electron chi connectivity index (χ2n) is 4.06. The van der Waals surface area contributed by atoms with Crippen LogP contribution in [-0.4, -0.2) is 35.2 Å². The first kappa shape index (κ1) is 16.6. The molecule has 1 heterocycles. The molecule has 0 aliphatic carbocycles. The maximum atomic E-state index is 12.2. The van der Waals surface area contributed by atoms with E-state index in [-0.39, 0.29) is 15.6 Å². The van der Waals surface area contributed by atoms with Gasteiger partial charge in [-0.1, -0.05) is 6.92 Å². The standard InChI is InChI=1S/C11H19BrN2O4S/c1-4-8(7-17-3)14-19(15,16)10-5-9(6-13-2)18-11(10)12/h5,8,13-14H,4,6-7H2,1-3H3. The van der Waals surface area contributed by atoms with Crippen LogP contribution in [0, 0.1) is 0 Å². The second kappa shape index (κ2) is 7.39. The van der Waals surface area contributed by atoms with E-state index in [1.165, 1.54) is 13.2 Å². The largest absolute Gasteiger partial charge is 0.452 e. The maximum Gasteiger partial charge on any atom is 0.245 e. The van der Waals surface area contributed by atoms with Gasteiger partial charge in [-0.2, -0.15) is 0 Å². The first-order chi connectivity index (χ1) is 8.94. The fourth-order valence-corrected chi connectivity index (χ4v) is 3.86. The van der Waals surface area contributed by atoms with E-state index >= 15 is 0 Å². The summed E-state index contributed by atoms with van der Waals surface area (Å²) in [7, 11) is -0.324. The third kappa shape index (κ3) is 4.57. The number of hydrogen-bond acceptors (Lipinski definition) is 5. The van der Waals surface area contributed by atoms with Crippen molar-refractivity contribution in [1.82, 2.24) is 10.0 Å². The third-order valence-corrected chi connectivity index (χ3v) is 4.91. The van der Waals surface area contributed by atoms with Crippen molar-refractivity contribution in [3.05, 3.63) is 16.5 Å². The van der Waals surface area contributed by atoms with Crippen molar-refractivity contribution >= 4 is 26.0 Å². The van der Waals surface area contributed by atoms with Crippen molar-refractivity contribution in [2.75, 3.05) is 20.8 Å². The number of rotatable bonds is 8. The van der Waals surface area contributed by atoms with Crippen LogP contribution in [0.25, 0.3) is 0 Å². The highest BCUT2D eigenvalue weighted by Crippen LogP contribution is 2.26. The SMILES string of the molecule is CCC(COC)NS(=O)(=O)c1cc(CNC)oc1Br. The van der Waals surface area contributed by atoms with Gasteiger partial charge >= 0.3 is 0 Å². The average Bonchev–Trinajstić information content (AvgIpc) is 2.71. The fourth-order valence-electron chi connectivity index (χ4n) is 1.56. The molecule has 0 bridgehead atoms. The number of halogens is 1. The lowest BCUT2D eigenvalue weighted by Crippen LogP contribution is -2.37. The van der Waals surface area contributed by atoms with E-state index in [9.17, 15) is 8.42 Å². The Morgan fingerprint density at radius 2 is 2.21 bits per heavy atom. The van der Waals surface area contributed by atoms with Crippen LogP contribution in [0.4, 0.5) is 0 Å². The molecular weight excluding hydrogens is 336 g/mol. The fraction of sp³-hybridized carbons (Fsp3) is 0.636. The summed E-state index contributed by atoms with van der Waals surface area (Å²) < 4.78 is 37.6. The summed E-state index contributed by atoms with van der Waals surface area (Å²) in [6.45, 7) is 2.68. The van der Waals surface area contributed by atoms with Crippen LogP contribution in [0.2, 0.25) is 0 Å². The van der Waals surface area contributed by atoms with Crippen LogP contribution >= 0.6 is 15.9 Å². The normalized spacial score (nSPS) is 13.7. The van der Waals surface area contributed by atoms with Crippen molar-refractivity contribution in [3.8, 4) is 0 Å². The number of nitrogens with one attached hydrogen (secondary N) is 2. The summed E-state index contributed by atoms with van der Waals surface area (Å²) in [5.74, 6) is 0.550. The lowest BCUT2D eigenvalue weighted by Gasteiger charge is -2.15. The van der Waals surface area contributed by atoms with E-state index in [1.807, 2.05) is 6.92 Å². The Morgan fingerprint density at radius 1 is 1.53 bits per heavy atom. The highest BCUT2D eigenvalue weighted by atomic mass is 79.9. The van der Waals surface area contributed by atoms with Gasteiger partial charge in [-0.25, -0.2) is 13.1 Å². The molecule has 0 aliphatic rings. The molecule has 1 aromatic rings. The number of ether oxygens (including phenoxy) is 1. The molecular formula is C11H19BrN2O4S. The first-order valence-corrected chi connectivity index (χ1v) is 8.16. The summed E-state index contributed by atoms with van der Waals surface area (Å²) in [6, 6.07) is 1.24. The van der Waals surface area contributed by atoms with Gasteiger partial charge in [0.15, 0.2) is 4.67 Å². The Balaban J connectivity index is 2.93. The van der Waals surface area contributed by atoms with E-state index in [1.54, 1.807) is 7.05 Å². The van der Waals surface area contributed by atoms with Gasteiger partial charge in [-0.05, 0) is 29.4 Å². The van der Waals surface area contributed by atoms with Crippen molar-refractivity contribution in [3.63, 3.8) is 0 Å². The molecule has 0 amide bonds. The monoisotopic (exact) mass is 354 g/mol. The maximum absolute atomic E-state index is 12.2. The highest BCUT2D eigenvalue weighted by molar-refractivity contribution is 9.10. The van der Waals surface area contributed by atoms with Crippen LogP contribution in [0.3, 0.4) is 0 Å². The summed E-state index contributed by atoms with van der Waals surface area (Å²) in [5.41, 5.74) is 0. The minimum absolute atomic E-state index is 0.104. The topological polar surface area (TPSA) is 80.6 Å². The number of methoxy groups -OCH3 is 1. The van der Waals surface area contributed by atoms with Gasteiger partial charge in [0.2, 0.25) is 10.0 Å². The zero-order valence-corrected chi connectivity index (χ0v) is 13.6. The molecule has 6 nitrogen and oxygen atoms in total. The van der Waals surface area contributed by atoms with Crippen molar-refractivity contribution < 1.29 is 17.6 Å². The van der Waals surface area contributed by atoms with Crippen LogP contribution in [-0.2, 0) is 21.3 Å². The zero-order valence-electron chi connectivity index (χ0n) is 11.2. The number of hydrogen-bond donors (Lipinski definition) is 2. The van der Waals surface area contributed by atoms with Gasteiger partial charge in [0.25, 0.3) is 0 Å². The molecule has 19 heavy (non-hydrogen) atoms. The Morgan fingerprint density at radius 3 is 2.74 bits per heavy atom. The van der Waals surface area contributed by atoms with Gasteiger partial charge in [0.1, 0.15) is 10.7 Å². The molecule has 110 valence electrons. The quantitative estimate of drug-likeness (QED) is 0.738. The molecule has 8 heteroatoms. The molecule has 0 fully saturated rings. The molecule has 1 rings (SSSR count). The number of sulfonamides is 1. The molecule has 1 unspecified atom stereocenters. The molecule has 0 aliphatic heterocycles. The highest BCUT2D eigenvalue weighted by Gasteiger charge is 2.25. The van der Waals surface area contributed by atoms with E-state index < -0.39 is 10.0 Å². The lowest BCUT2D eigenvalue weighted by atomic mass is 10.3. The van der Waals surface area contributed by atoms with E-state index in [4.69, 9.17) is 9.15 Å². The summed E-state index contributed by atoms with van der Waals surface area (Å²) >= 11 is 3.13. The van der Waals surface area contributed by atoms with Gasteiger partial charge in [0.05, 0.1) is 13.2 Å². The van der Waals surface area contributed by atoms with Crippen molar-refractivity contribution in [2.24, 2.45) is 0 Å². The molecule has 0 saturated heterocycles. The van der Waals surface area contributed by atoms with Crippen LogP contribution in [0.1, 0.15) is 19.1 Å². The smallest absolute Gasteiger partial charge is 0.245 e. The van der Waals surface area contributed by atoms with Crippen LogP contribution in [0.15, 0.2) is 20.0 Å². The van der Waals surface area contributed by atoms with Crippen LogP contribution < -0.4 is 10.0 Å². The van der Waals surface area contributed by atoms with Crippen molar-refractivity contribution in [1.29, 1.82) is 0 Å². The molecule has 2 N–H and O–H groups in total. The molecule has 0 radical (unpaired) electrons. The van der Waals surface area contributed by atoms with E-state index in [0.29, 0.717) is 25.3 Å². The minimum Gasteiger partial charge on any atom is -0.452 e. The average molecular weight is 355 g/mol. The first-order valence-electron chi connectivity index (χ1n) is 5.88. The molecule has 0 aromatic carbocycles. The zero-order chi connectivity index (χ0) is 14.5. The molecule has 0 spiro atoms. The lowest BCUT2D eigenvalue weighted by molar-refractivity contribution is 0.173. The van der Waals surface area contributed by atoms with Crippen LogP contribution in [0.5, 0.6) is 0 Å². The molecule has 1 atom stereocenters.